The van der Waals surface area contributed by atoms with Crippen LogP contribution in [0.4, 0.5) is 0 Å². The third-order valence-corrected chi connectivity index (χ3v) is 3.85. The van der Waals surface area contributed by atoms with Crippen LogP contribution in [-0.4, -0.2) is 59.4 Å². The van der Waals surface area contributed by atoms with Crippen molar-refractivity contribution in [1.29, 1.82) is 0 Å². The second-order valence-electron chi connectivity index (χ2n) is 5.69. The van der Waals surface area contributed by atoms with E-state index in [1.165, 1.54) is 0 Å². The highest BCUT2D eigenvalue weighted by molar-refractivity contribution is 5.81. The van der Waals surface area contributed by atoms with Crippen LogP contribution in [0.3, 0.4) is 0 Å². The van der Waals surface area contributed by atoms with Gasteiger partial charge in [-0.2, -0.15) is 0 Å². The smallest absolute Gasteiger partial charge is 0.303 e. The van der Waals surface area contributed by atoms with Crippen molar-refractivity contribution < 1.29 is 19.5 Å². The van der Waals surface area contributed by atoms with Crippen molar-refractivity contribution in [3.8, 4) is 0 Å². The number of aliphatic carboxylic acids is 1. The van der Waals surface area contributed by atoms with Crippen LogP contribution in [0.15, 0.2) is 0 Å². The van der Waals surface area contributed by atoms with Crippen LogP contribution in [0.1, 0.15) is 45.4 Å². The van der Waals surface area contributed by atoms with Gasteiger partial charge in [0.05, 0.1) is 5.92 Å². The number of hydrogen-bond acceptors (Lipinski definition) is 3. The summed E-state index contributed by atoms with van der Waals surface area (Å²) in [5.41, 5.74) is 0. The highest BCUT2D eigenvalue weighted by atomic mass is 16.4. The average molecular weight is 298 g/mol. The summed E-state index contributed by atoms with van der Waals surface area (Å²) >= 11 is 0. The van der Waals surface area contributed by atoms with Crippen LogP contribution in [-0.2, 0) is 14.4 Å². The van der Waals surface area contributed by atoms with Crippen molar-refractivity contribution in [1.82, 2.24) is 9.80 Å². The minimum atomic E-state index is -0.843. The van der Waals surface area contributed by atoms with Gasteiger partial charge in [-0.1, -0.05) is 6.92 Å². The molecule has 21 heavy (non-hydrogen) atoms. The number of piperidine rings is 1. The van der Waals surface area contributed by atoms with Gasteiger partial charge in [-0.3, -0.25) is 14.4 Å². The minimum Gasteiger partial charge on any atom is -0.481 e. The van der Waals surface area contributed by atoms with Gasteiger partial charge in [0, 0.05) is 39.5 Å². The lowest BCUT2D eigenvalue weighted by Crippen LogP contribution is -2.46. The highest BCUT2D eigenvalue weighted by Crippen LogP contribution is 2.19. The Morgan fingerprint density at radius 2 is 2.00 bits per heavy atom. The molecule has 6 heteroatoms. The monoisotopic (exact) mass is 298 g/mol. The number of hydrogen-bond donors (Lipinski definition) is 1. The molecule has 0 aromatic rings. The molecule has 1 rings (SSSR count). The summed E-state index contributed by atoms with van der Waals surface area (Å²) in [5, 5.41) is 8.61. The van der Waals surface area contributed by atoms with Crippen LogP contribution in [0.2, 0.25) is 0 Å². The molecule has 0 radical (unpaired) electrons. The molecule has 1 unspecified atom stereocenters. The molecular weight excluding hydrogens is 272 g/mol. The van der Waals surface area contributed by atoms with E-state index in [4.69, 9.17) is 5.11 Å². The number of carboxylic acid groups (broad SMARTS) is 1. The fourth-order valence-corrected chi connectivity index (χ4v) is 2.67. The molecule has 2 amide bonds. The minimum absolute atomic E-state index is 0.0226. The van der Waals surface area contributed by atoms with Gasteiger partial charge in [0.15, 0.2) is 0 Å². The van der Waals surface area contributed by atoms with Gasteiger partial charge in [-0.25, -0.2) is 0 Å². The van der Waals surface area contributed by atoms with E-state index in [1.807, 2.05) is 6.92 Å². The summed E-state index contributed by atoms with van der Waals surface area (Å²) in [6.07, 6.45) is 3.55. The SMILES string of the molecule is CCCC(=O)N1CCCC(C(=O)N(C)CCCC(=O)O)C1. The lowest BCUT2D eigenvalue weighted by molar-refractivity contribution is -0.141. The molecule has 1 heterocycles. The van der Waals surface area contributed by atoms with E-state index in [0.717, 1.165) is 25.8 Å². The Kier molecular flexibility index (Phi) is 7.19. The molecule has 0 aromatic heterocycles. The fraction of sp³-hybridized carbons (Fsp3) is 0.800. The molecule has 1 saturated heterocycles. The quantitative estimate of drug-likeness (QED) is 0.769. The van der Waals surface area contributed by atoms with E-state index in [-0.39, 0.29) is 24.2 Å². The Balaban J connectivity index is 2.45. The molecular formula is C15H26N2O4. The number of amides is 2. The van der Waals surface area contributed by atoms with Crippen molar-refractivity contribution >= 4 is 17.8 Å². The van der Waals surface area contributed by atoms with E-state index in [9.17, 15) is 14.4 Å². The summed E-state index contributed by atoms with van der Waals surface area (Å²) in [5.74, 6) is -0.836. The lowest BCUT2D eigenvalue weighted by atomic mass is 9.96. The van der Waals surface area contributed by atoms with E-state index < -0.39 is 5.97 Å². The molecule has 0 saturated carbocycles. The first-order valence-electron chi connectivity index (χ1n) is 7.70. The topological polar surface area (TPSA) is 77.9 Å². The number of carbonyl (C=O) groups is 3. The van der Waals surface area contributed by atoms with Crippen LogP contribution in [0.25, 0.3) is 0 Å². The van der Waals surface area contributed by atoms with E-state index >= 15 is 0 Å². The number of carbonyl (C=O) groups excluding carboxylic acids is 2. The first-order valence-corrected chi connectivity index (χ1v) is 7.70. The van der Waals surface area contributed by atoms with E-state index in [0.29, 0.717) is 25.9 Å². The zero-order valence-corrected chi connectivity index (χ0v) is 13.0. The molecule has 120 valence electrons. The third-order valence-electron chi connectivity index (χ3n) is 3.85. The van der Waals surface area contributed by atoms with Crippen LogP contribution < -0.4 is 0 Å². The van der Waals surface area contributed by atoms with Crippen molar-refractivity contribution in [2.75, 3.05) is 26.7 Å². The highest BCUT2D eigenvalue weighted by Gasteiger charge is 2.29. The first-order chi connectivity index (χ1) is 9.95. The van der Waals surface area contributed by atoms with Crippen molar-refractivity contribution in [2.24, 2.45) is 5.92 Å². The van der Waals surface area contributed by atoms with E-state index in [2.05, 4.69) is 0 Å². The lowest BCUT2D eigenvalue weighted by Gasteiger charge is -2.34. The fourth-order valence-electron chi connectivity index (χ4n) is 2.67. The van der Waals surface area contributed by atoms with Crippen molar-refractivity contribution in [3.63, 3.8) is 0 Å². The molecule has 1 aliphatic rings. The summed E-state index contributed by atoms with van der Waals surface area (Å²) < 4.78 is 0. The maximum Gasteiger partial charge on any atom is 0.303 e. The Labute approximate surface area is 126 Å². The molecule has 1 atom stereocenters. The zero-order chi connectivity index (χ0) is 15.8. The Bertz CT molecular complexity index is 384. The molecule has 1 aliphatic heterocycles. The van der Waals surface area contributed by atoms with E-state index in [1.54, 1.807) is 16.8 Å². The molecule has 6 nitrogen and oxygen atoms in total. The Morgan fingerprint density at radius 3 is 2.62 bits per heavy atom. The maximum absolute atomic E-state index is 12.3. The third kappa shape index (κ3) is 5.73. The molecule has 1 N–H and O–H groups in total. The zero-order valence-electron chi connectivity index (χ0n) is 13.0. The maximum atomic E-state index is 12.3. The molecule has 1 fully saturated rings. The second-order valence-corrected chi connectivity index (χ2v) is 5.69. The number of nitrogens with zero attached hydrogens (tertiary/aromatic N) is 2. The largest absolute Gasteiger partial charge is 0.481 e. The standard InChI is InChI=1S/C15H26N2O4/c1-3-6-13(18)17-10-4-7-12(11-17)15(21)16(2)9-5-8-14(19)20/h12H,3-11H2,1-2H3,(H,19,20). The molecule has 0 bridgehead atoms. The molecule has 0 aliphatic carbocycles. The predicted molar refractivity (Wildman–Crippen MR) is 78.7 cm³/mol. The van der Waals surface area contributed by atoms with Gasteiger partial charge < -0.3 is 14.9 Å². The summed E-state index contributed by atoms with van der Waals surface area (Å²) in [6, 6.07) is 0. The number of likely N-dealkylation sites (tertiary alicyclic amines) is 1. The number of rotatable bonds is 7. The van der Waals surface area contributed by atoms with Crippen LogP contribution in [0, 0.1) is 5.92 Å². The van der Waals surface area contributed by atoms with Crippen molar-refractivity contribution in [2.45, 2.75) is 45.4 Å². The predicted octanol–water partition coefficient (Wildman–Crippen LogP) is 1.35. The summed E-state index contributed by atoms with van der Waals surface area (Å²) in [4.78, 5) is 38.1. The van der Waals surface area contributed by atoms with Gasteiger partial charge in [-0.05, 0) is 25.7 Å². The van der Waals surface area contributed by atoms with Gasteiger partial charge >= 0.3 is 5.97 Å². The van der Waals surface area contributed by atoms with Gasteiger partial charge in [-0.15, -0.1) is 0 Å². The normalized spacial score (nSPS) is 18.4. The van der Waals surface area contributed by atoms with Crippen molar-refractivity contribution in [3.05, 3.63) is 0 Å². The van der Waals surface area contributed by atoms with Gasteiger partial charge in [0.25, 0.3) is 0 Å². The summed E-state index contributed by atoms with van der Waals surface area (Å²) in [6.45, 7) is 3.66. The Hall–Kier alpha value is -1.59. The van der Waals surface area contributed by atoms with Gasteiger partial charge in [0.2, 0.25) is 11.8 Å². The summed E-state index contributed by atoms with van der Waals surface area (Å²) in [7, 11) is 1.71. The second kappa shape index (κ2) is 8.64. The molecule has 0 spiro atoms. The number of carboxylic acids is 1. The van der Waals surface area contributed by atoms with Gasteiger partial charge in [0.1, 0.15) is 0 Å². The molecule has 0 aromatic carbocycles. The Morgan fingerprint density at radius 1 is 1.29 bits per heavy atom. The first kappa shape index (κ1) is 17.5. The van der Waals surface area contributed by atoms with Crippen LogP contribution >= 0.6 is 0 Å². The average Bonchev–Trinajstić information content (AvgIpc) is 2.46. The van der Waals surface area contributed by atoms with Crippen LogP contribution in [0.5, 0.6) is 0 Å².